The van der Waals surface area contributed by atoms with Crippen LogP contribution < -0.4 is 11.1 Å². The zero-order chi connectivity index (χ0) is 12.4. The van der Waals surface area contributed by atoms with Crippen LogP contribution in [0.25, 0.3) is 0 Å². The molecule has 1 amide bonds. The number of ether oxygens (including phenoxy) is 1. The van der Waals surface area contributed by atoms with E-state index in [1.165, 1.54) is 0 Å². The minimum atomic E-state index is -0.336. The van der Waals surface area contributed by atoms with E-state index in [0.29, 0.717) is 18.0 Å². The molecule has 0 spiro atoms. The van der Waals surface area contributed by atoms with Gasteiger partial charge in [-0.15, -0.1) is 0 Å². The summed E-state index contributed by atoms with van der Waals surface area (Å²) in [6, 6.07) is 3.69. The average molecular weight is 299 g/mol. The van der Waals surface area contributed by atoms with Crippen LogP contribution in [0.1, 0.15) is 18.4 Å². The Bertz CT molecular complexity index is 419. The summed E-state index contributed by atoms with van der Waals surface area (Å²) >= 11 is 3.36. The van der Waals surface area contributed by atoms with Gasteiger partial charge in [0.1, 0.15) is 6.10 Å². The number of rotatable bonds is 2. The zero-order valence-electron chi connectivity index (χ0n) is 9.63. The molecule has 2 rings (SSSR count). The van der Waals surface area contributed by atoms with Gasteiger partial charge in [0, 0.05) is 11.1 Å². The van der Waals surface area contributed by atoms with E-state index >= 15 is 0 Å². The number of hydrogen-bond acceptors (Lipinski definition) is 3. The van der Waals surface area contributed by atoms with Crippen molar-refractivity contribution in [2.75, 3.05) is 17.7 Å². The number of carbonyl (C=O) groups is 1. The predicted molar refractivity (Wildman–Crippen MR) is 70.9 cm³/mol. The summed E-state index contributed by atoms with van der Waals surface area (Å²) in [4.78, 5) is 11.9. The Morgan fingerprint density at radius 3 is 2.94 bits per heavy atom. The van der Waals surface area contributed by atoms with Crippen molar-refractivity contribution in [3.8, 4) is 0 Å². The van der Waals surface area contributed by atoms with Crippen molar-refractivity contribution in [2.24, 2.45) is 0 Å². The molecule has 1 aromatic rings. The van der Waals surface area contributed by atoms with Gasteiger partial charge in [-0.1, -0.05) is 15.9 Å². The van der Waals surface area contributed by atoms with Crippen LogP contribution in [0.5, 0.6) is 0 Å². The third-order valence-electron chi connectivity index (χ3n) is 2.80. The second-order valence-electron chi connectivity index (χ2n) is 4.18. The third-order valence-corrected chi connectivity index (χ3v) is 3.26. The van der Waals surface area contributed by atoms with Crippen LogP contribution in [0.4, 0.5) is 11.4 Å². The van der Waals surface area contributed by atoms with Crippen LogP contribution in [-0.2, 0) is 9.53 Å². The molecule has 0 saturated carbocycles. The van der Waals surface area contributed by atoms with Crippen LogP contribution in [0.15, 0.2) is 16.6 Å². The molecular weight excluding hydrogens is 284 g/mol. The third kappa shape index (κ3) is 2.79. The van der Waals surface area contributed by atoms with Crippen molar-refractivity contribution < 1.29 is 9.53 Å². The quantitative estimate of drug-likeness (QED) is 0.825. The second kappa shape index (κ2) is 5.06. The first kappa shape index (κ1) is 12.4. The molecule has 1 heterocycles. The molecule has 1 aliphatic rings. The van der Waals surface area contributed by atoms with Gasteiger partial charge in [0.15, 0.2) is 0 Å². The molecule has 17 heavy (non-hydrogen) atoms. The van der Waals surface area contributed by atoms with Crippen LogP contribution in [0.3, 0.4) is 0 Å². The highest BCUT2D eigenvalue weighted by molar-refractivity contribution is 9.10. The highest BCUT2D eigenvalue weighted by Gasteiger charge is 2.24. The lowest BCUT2D eigenvalue weighted by atomic mass is 10.1. The van der Waals surface area contributed by atoms with Crippen molar-refractivity contribution in [2.45, 2.75) is 25.9 Å². The summed E-state index contributed by atoms with van der Waals surface area (Å²) in [6.45, 7) is 2.57. The number of nitrogens with one attached hydrogen (secondary N) is 1. The summed E-state index contributed by atoms with van der Waals surface area (Å²) in [5.74, 6) is -0.111. The van der Waals surface area contributed by atoms with Gasteiger partial charge < -0.3 is 15.8 Å². The Balaban J connectivity index is 2.15. The number of nitrogen functional groups attached to an aromatic ring is 1. The molecule has 1 unspecified atom stereocenters. The molecule has 1 saturated heterocycles. The summed E-state index contributed by atoms with van der Waals surface area (Å²) in [6.07, 6.45) is 1.38. The highest BCUT2D eigenvalue weighted by atomic mass is 79.9. The maximum absolute atomic E-state index is 11.9. The molecule has 0 bridgehead atoms. The number of anilines is 2. The monoisotopic (exact) mass is 298 g/mol. The van der Waals surface area contributed by atoms with Gasteiger partial charge in [-0.25, -0.2) is 0 Å². The van der Waals surface area contributed by atoms with E-state index in [1.54, 1.807) is 6.07 Å². The SMILES string of the molecule is Cc1cc(Br)cc(N)c1NC(=O)C1CCCO1. The maximum Gasteiger partial charge on any atom is 0.253 e. The van der Waals surface area contributed by atoms with Gasteiger partial charge in [-0.2, -0.15) is 0 Å². The minimum Gasteiger partial charge on any atom is -0.397 e. The summed E-state index contributed by atoms with van der Waals surface area (Å²) in [7, 11) is 0. The lowest BCUT2D eigenvalue weighted by Gasteiger charge is -2.14. The number of nitrogens with two attached hydrogens (primary N) is 1. The van der Waals surface area contributed by atoms with E-state index in [1.807, 2.05) is 13.0 Å². The standard InChI is InChI=1S/C12H15BrN2O2/c1-7-5-8(13)6-9(14)11(7)15-12(16)10-3-2-4-17-10/h5-6,10H,2-4,14H2,1H3,(H,15,16). The van der Waals surface area contributed by atoms with Crippen LogP contribution in [0.2, 0.25) is 0 Å². The van der Waals surface area contributed by atoms with Gasteiger partial charge in [-0.3, -0.25) is 4.79 Å². The zero-order valence-corrected chi connectivity index (χ0v) is 11.2. The van der Waals surface area contributed by atoms with E-state index in [0.717, 1.165) is 22.9 Å². The number of carbonyl (C=O) groups excluding carboxylic acids is 1. The van der Waals surface area contributed by atoms with Crippen molar-refractivity contribution in [1.82, 2.24) is 0 Å². The van der Waals surface area contributed by atoms with Gasteiger partial charge in [0.05, 0.1) is 11.4 Å². The Labute approximate surface area is 109 Å². The smallest absolute Gasteiger partial charge is 0.253 e. The molecule has 92 valence electrons. The average Bonchev–Trinajstić information content (AvgIpc) is 2.76. The predicted octanol–water partition coefficient (Wildman–Crippen LogP) is 2.46. The molecular formula is C12H15BrN2O2. The van der Waals surface area contributed by atoms with Crippen molar-refractivity contribution in [3.63, 3.8) is 0 Å². The lowest BCUT2D eigenvalue weighted by Crippen LogP contribution is -2.27. The molecule has 0 aliphatic carbocycles. The Hall–Kier alpha value is -1.07. The van der Waals surface area contributed by atoms with E-state index in [9.17, 15) is 4.79 Å². The van der Waals surface area contributed by atoms with E-state index in [2.05, 4.69) is 21.2 Å². The summed E-state index contributed by atoms with van der Waals surface area (Å²) < 4.78 is 6.23. The van der Waals surface area contributed by atoms with E-state index < -0.39 is 0 Å². The maximum atomic E-state index is 11.9. The molecule has 3 N–H and O–H groups in total. The fraction of sp³-hybridized carbons (Fsp3) is 0.417. The Morgan fingerprint density at radius 1 is 1.59 bits per heavy atom. The van der Waals surface area contributed by atoms with Crippen LogP contribution in [0, 0.1) is 6.92 Å². The van der Waals surface area contributed by atoms with Crippen LogP contribution in [-0.4, -0.2) is 18.6 Å². The lowest BCUT2D eigenvalue weighted by molar-refractivity contribution is -0.124. The fourth-order valence-electron chi connectivity index (χ4n) is 1.93. The Morgan fingerprint density at radius 2 is 2.35 bits per heavy atom. The Kier molecular flexibility index (Phi) is 3.69. The number of halogens is 1. The minimum absolute atomic E-state index is 0.111. The van der Waals surface area contributed by atoms with Crippen LogP contribution >= 0.6 is 15.9 Å². The van der Waals surface area contributed by atoms with Crippen molar-refractivity contribution in [3.05, 3.63) is 22.2 Å². The molecule has 1 atom stereocenters. The molecule has 5 heteroatoms. The molecule has 4 nitrogen and oxygen atoms in total. The number of hydrogen-bond donors (Lipinski definition) is 2. The molecule has 0 radical (unpaired) electrons. The first-order valence-electron chi connectivity index (χ1n) is 5.56. The van der Waals surface area contributed by atoms with Gasteiger partial charge >= 0.3 is 0 Å². The molecule has 1 aliphatic heterocycles. The van der Waals surface area contributed by atoms with E-state index in [4.69, 9.17) is 10.5 Å². The number of aryl methyl sites for hydroxylation is 1. The van der Waals surface area contributed by atoms with E-state index in [-0.39, 0.29) is 12.0 Å². The number of amides is 1. The first-order chi connectivity index (χ1) is 8.08. The number of benzene rings is 1. The van der Waals surface area contributed by atoms with Gasteiger partial charge in [0.25, 0.3) is 5.91 Å². The molecule has 0 aromatic heterocycles. The molecule has 1 fully saturated rings. The van der Waals surface area contributed by atoms with Crippen molar-refractivity contribution >= 4 is 33.2 Å². The van der Waals surface area contributed by atoms with Gasteiger partial charge in [0.2, 0.25) is 0 Å². The topological polar surface area (TPSA) is 64.3 Å². The fourth-order valence-corrected chi connectivity index (χ4v) is 2.52. The van der Waals surface area contributed by atoms with Gasteiger partial charge in [-0.05, 0) is 37.5 Å². The summed E-state index contributed by atoms with van der Waals surface area (Å²) in [5.41, 5.74) is 8.05. The largest absolute Gasteiger partial charge is 0.397 e. The van der Waals surface area contributed by atoms with Crippen molar-refractivity contribution in [1.29, 1.82) is 0 Å². The molecule has 1 aromatic carbocycles. The summed E-state index contributed by atoms with van der Waals surface area (Å²) in [5, 5.41) is 2.84. The second-order valence-corrected chi connectivity index (χ2v) is 5.09. The first-order valence-corrected chi connectivity index (χ1v) is 6.35. The normalized spacial score (nSPS) is 19.3. The highest BCUT2D eigenvalue weighted by Crippen LogP contribution is 2.28.